The topological polar surface area (TPSA) is 42.4 Å². The molecule has 0 aliphatic carbocycles. The van der Waals surface area contributed by atoms with Crippen molar-refractivity contribution in [3.8, 4) is 11.5 Å². The molecule has 0 atom stereocenters. The average Bonchev–Trinajstić information content (AvgIpc) is 2.50. The van der Waals surface area contributed by atoms with E-state index in [2.05, 4.69) is 4.98 Å². The molecule has 0 unspecified atom stereocenters. The number of nitrogens with zero attached hydrogens (tertiary/aromatic N) is 1. The first-order valence-corrected chi connectivity index (χ1v) is 6.46. The Kier molecular flexibility index (Phi) is 3.25. The third-order valence-corrected chi connectivity index (χ3v) is 3.46. The van der Waals surface area contributed by atoms with Crippen molar-refractivity contribution in [1.29, 1.82) is 0 Å². The van der Waals surface area contributed by atoms with Gasteiger partial charge in [0.1, 0.15) is 11.5 Å². The van der Waals surface area contributed by atoms with Crippen molar-refractivity contribution >= 4 is 10.8 Å². The quantitative estimate of drug-likeness (QED) is 0.787. The zero-order valence-corrected chi connectivity index (χ0v) is 11.2. The fourth-order valence-corrected chi connectivity index (χ4v) is 2.45. The lowest BCUT2D eigenvalue weighted by atomic mass is 9.97. The largest absolute Gasteiger partial charge is 0.508 e. The first-order valence-electron chi connectivity index (χ1n) is 6.46. The highest BCUT2D eigenvalue weighted by Gasteiger charge is 2.10. The standard InChI is InChI=1S/C17H15NO2/c1-20-17-4-2-3-13-14(17)5-6-16(19)15(13)11-12-7-9-18-10-8-12/h2-10,19H,11H2,1H3. The molecule has 0 saturated carbocycles. The highest BCUT2D eigenvalue weighted by molar-refractivity contribution is 5.92. The Labute approximate surface area is 117 Å². The van der Waals surface area contributed by atoms with Gasteiger partial charge < -0.3 is 9.84 Å². The van der Waals surface area contributed by atoms with Gasteiger partial charge in [0.05, 0.1) is 7.11 Å². The van der Waals surface area contributed by atoms with Crippen molar-refractivity contribution in [1.82, 2.24) is 4.98 Å². The van der Waals surface area contributed by atoms with Gasteiger partial charge in [-0.3, -0.25) is 4.98 Å². The summed E-state index contributed by atoms with van der Waals surface area (Å²) in [4.78, 5) is 4.02. The summed E-state index contributed by atoms with van der Waals surface area (Å²) in [6, 6.07) is 13.4. The second-order valence-electron chi connectivity index (χ2n) is 4.65. The summed E-state index contributed by atoms with van der Waals surface area (Å²) < 4.78 is 5.38. The second kappa shape index (κ2) is 5.21. The maximum Gasteiger partial charge on any atom is 0.126 e. The van der Waals surface area contributed by atoms with E-state index in [4.69, 9.17) is 4.74 Å². The fraction of sp³-hybridized carbons (Fsp3) is 0.118. The van der Waals surface area contributed by atoms with Crippen molar-refractivity contribution < 1.29 is 9.84 Å². The summed E-state index contributed by atoms with van der Waals surface area (Å²) >= 11 is 0. The van der Waals surface area contributed by atoms with Gasteiger partial charge >= 0.3 is 0 Å². The molecule has 3 nitrogen and oxygen atoms in total. The number of pyridine rings is 1. The molecular formula is C17H15NO2. The second-order valence-corrected chi connectivity index (χ2v) is 4.65. The first kappa shape index (κ1) is 12.5. The van der Waals surface area contributed by atoms with Crippen LogP contribution in [0.3, 0.4) is 0 Å². The van der Waals surface area contributed by atoms with Crippen LogP contribution in [0, 0.1) is 0 Å². The molecule has 3 rings (SSSR count). The zero-order chi connectivity index (χ0) is 13.9. The molecule has 0 aliphatic heterocycles. The molecule has 20 heavy (non-hydrogen) atoms. The van der Waals surface area contributed by atoms with Crippen molar-refractivity contribution in [2.75, 3.05) is 7.11 Å². The molecule has 1 heterocycles. The number of hydrogen-bond acceptors (Lipinski definition) is 3. The maximum atomic E-state index is 10.2. The Hall–Kier alpha value is -2.55. The minimum absolute atomic E-state index is 0.308. The summed E-state index contributed by atoms with van der Waals surface area (Å²) in [6.07, 6.45) is 4.19. The number of fused-ring (bicyclic) bond motifs is 1. The van der Waals surface area contributed by atoms with E-state index in [-0.39, 0.29) is 0 Å². The zero-order valence-electron chi connectivity index (χ0n) is 11.2. The molecule has 2 aromatic carbocycles. The van der Waals surface area contributed by atoms with Gasteiger partial charge in [-0.25, -0.2) is 0 Å². The summed E-state index contributed by atoms with van der Waals surface area (Å²) in [7, 11) is 1.66. The third kappa shape index (κ3) is 2.18. The van der Waals surface area contributed by atoms with Crippen LogP contribution in [0.25, 0.3) is 10.8 Å². The van der Waals surface area contributed by atoms with Crippen molar-refractivity contribution in [3.05, 3.63) is 66.0 Å². The van der Waals surface area contributed by atoms with Crippen LogP contribution in [0.4, 0.5) is 0 Å². The first-order chi connectivity index (χ1) is 9.79. The third-order valence-electron chi connectivity index (χ3n) is 3.46. The summed E-state index contributed by atoms with van der Waals surface area (Å²) in [5.74, 6) is 1.13. The summed E-state index contributed by atoms with van der Waals surface area (Å²) in [6.45, 7) is 0. The van der Waals surface area contributed by atoms with Gasteiger partial charge in [-0.2, -0.15) is 0 Å². The number of methoxy groups -OCH3 is 1. The Morgan fingerprint density at radius 3 is 2.55 bits per heavy atom. The lowest BCUT2D eigenvalue weighted by Crippen LogP contribution is -1.93. The van der Waals surface area contributed by atoms with Crippen LogP contribution < -0.4 is 4.74 Å². The monoisotopic (exact) mass is 265 g/mol. The van der Waals surface area contributed by atoms with Crippen LogP contribution >= 0.6 is 0 Å². The molecule has 3 heteroatoms. The van der Waals surface area contributed by atoms with Crippen LogP contribution in [0.15, 0.2) is 54.9 Å². The molecule has 0 saturated heterocycles. The number of aromatic hydroxyl groups is 1. The number of rotatable bonds is 3. The molecule has 100 valence electrons. The van der Waals surface area contributed by atoms with Crippen LogP contribution in [0.2, 0.25) is 0 Å². The average molecular weight is 265 g/mol. The van der Waals surface area contributed by atoms with E-state index in [0.29, 0.717) is 12.2 Å². The van der Waals surface area contributed by atoms with E-state index in [1.165, 1.54) is 0 Å². The molecule has 0 bridgehead atoms. The number of hydrogen-bond donors (Lipinski definition) is 1. The SMILES string of the molecule is COc1cccc2c(Cc3ccncc3)c(O)ccc12. The fourth-order valence-electron chi connectivity index (χ4n) is 2.45. The normalized spacial score (nSPS) is 10.7. The summed E-state index contributed by atoms with van der Waals surface area (Å²) in [5, 5.41) is 12.2. The Balaban J connectivity index is 2.16. The van der Waals surface area contributed by atoms with E-state index >= 15 is 0 Å². The van der Waals surface area contributed by atoms with Gasteiger partial charge in [0.15, 0.2) is 0 Å². The van der Waals surface area contributed by atoms with Crippen LogP contribution in [0.5, 0.6) is 11.5 Å². The number of aromatic nitrogens is 1. The Bertz CT molecular complexity index is 739. The minimum Gasteiger partial charge on any atom is -0.508 e. The summed E-state index contributed by atoms with van der Waals surface area (Å²) in [5.41, 5.74) is 2.03. The molecule has 0 spiro atoms. The van der Waals surface area contributed by atoms with E-state index in [0.717, 1.165) is 27.6 Å². The van der Waals surface area contributed by atoms with Crippen molar-refractivity contribution in [3.63, 3.8) is 0 Å². The van der Waals surface area contributed by atoms with Crippen molar-refractivity contribution in [2.45, 2.75) is 6.42 Å². The van der Waals surface area contributed by atoms with E-state index in [1.54, 1.807) is 25.6 Å². The highest BCUT2D eigenvalue weighted by Crippen LogP contribution is 2.33. The predicted molar refractivity (Wildman–Crippen MR) is 79.2 cm³/mol. The molecule has 0 fully saturated rings. The predicted octanol–water partition coefficient (Wildman–Crippen LogP) is 3.54. The van der Waals surface area contributed by atoms with Gasteiger partial charge in [0.25, 0.3) is 0 Å². The van der Waals surface area contributed by atoms with Gasteiger partial charge in [0.2, 0.25) is 0 Å². The van der Waals surface area contributed by atoms with Crippen LogP contribution in [-0.4, -0.2) is 17.2 Å². The van der Waals surface area contributed by atoms with E-state index in [1.807, 2.05) is 36.4 Å². The van der Waals surface area contributed by atoms with Crippen LogP contribution in [-0.2, 0) is 6.42 Å². The lowest BCUT2D eigenvalue weighted by molar-refractivity contribution is 0.419. The molecule has 0 aliphatic rings. The number of phenolic OH excluding ortho intramolecular Hbond substituents is 1. The number of ether oxygens (including phenoxy) is 1. The smallest absolute Gasteiger partial charge is 0.126 e. The van der Waals surface area contributed by atoms with Gasteiger partial charge in [-0.1, -0.05) is 12.1 Å². The van der Waals surface area contributed by atoms with E-state index < -0.39 is 0 Å². The number of benzene rings is 2. The molecule has 0 radical (unpaired) electrons. The lowest BCUT2D eigenvalue weighted by Gasteiger charge is -2.11. The molecule has 0 amide bonds. The van der Waals surface area contributed by atoms with Gasteiger partial charge in [0, 0.05) is 29.8 Å². The van der Waals surface area contributed by atoms with Gasteiger partial charge in [-0.15, -0.1) is 0 Å². The maximum absolute atomic E-state index is 10.2. The highest BCUT2D eigenvalue weighted by atomic mass is 16.5. The Morgan fingerprint density at radius 1 is 1.00 bits per heavy atom. The Morgan fingerprint density at radius 2 is 1.80 bits per heavy atom. The number of phenols is 1. The molecule has 1 N–H and O–H groups in total. The van der Waals surface area contributed by atoms with Gasteiger partial charge in [-0.05, 0) is 41.3 Å². The van der Waals surface area contributed by atoms with Crippen molar-refractivity contribution in [2.24, 2.45) is 0 Å². The molecular weight excluding hydrogens is 250 g/mol. The molecule has 3 aromatic rings. The molecule has 1 aromatic heterocycles. The minimum atomic E-state index is 0.308. The van der Waals surface area contributed by atoms with Crippen LogP contribution in [0.1, 0.15) is 11.1 Å². The van der Waals surface area contributed by atoms with E-state index in [9.17, 15) is 5.11 Å².